The van der Waals surface area contributed by atoms with Gasteiger partial charge >= 0.3 is 12.0 Å². The zero-order chi connectivity index (χ0) is 16.1. The number of benzene rings is 1. The van der Waals surface area contributed by atoms with E-state index in [4.69, 9.17) is 18.9 Å². The molecule has 0 saturated carbocycles. The van der Waals surface area contributed by atoms with Crippen molar-refractivity contribution in [3.05, 3.63) is 29.8 Å². The van der Waals surface area contributed by atoms with E-state index in [2.05, 4.69) is 9.97 Å². The topological polar surface area (TPSA) is 100 Å². The van der Waals surface area contributed by atoms with Crippen LogP contribution in [0.2, 0.25) is 0 Å². The van der Waals surface area contributed by atoms with E-state index in [-0.39, 0.29) is 34.8 Å². The molecule has 0 atom stereocenters. The fourth-order valence-corrected chi connectivity index (χ4v) is 1.68. The summed E-state index contributed by atoms with van der Waals surface area (Å²) >= 11 is 0. The molecule has 0 unspecified atom stereocenters. The number of aromatic carboxylic acids is 1. The van der Waals surface area contributed by atoms with Gasteiger partial charge in [-0.25, -0.2) is 4.79 Å². The molecule has 116 valence electrons. The van der Waals surface area contributed by atoms with Crippen molar-refractivity contribution in [2.24, 2.45) is 0 Å². The van der Waals surface area contributed by atoms with Crippen LogP contribution in [0.1, 0.15) is 10.4 Å². The van der Waals surface area contributed by atoms with Gasteiger partial charge in [-0.15, -0.1) is 0 Å². The summed E-state index contributed by atoms with van der Waals surface area (Å²) in [6.45, 7) is 0. The SMILES string of the molecule is COc1cc(OC)nc(Oc2c(OC)cccc2C(=O)O)n1. The third-order valence-corrected chi connectivity index (χ3v) is 2.70. The molecule has 8 nitrogen and oxygen atoms in total. The first-order chi connectivity index (χ1) is 10.6. The van der Waals surface area contributed by atoms with Gasteiger partial charge in [0.05, 0.1) is 27.4 Å². The summed E-state index contributed by atoms with van der Waals surface area (Å²) in [5.41, 5.74) is -0.0789. The number of carbonyl (C=O) groups is 1. The molecule has 0 bridgehead atoms. The molecule has 0 saturated heterocycles. The fraction of sp³-hybridized carbons (Fsp3) is 0.214. The number of hydrogen-bond donors (Lipinski definition) is 1. The largest absolute Gasteiger partial charge is 0.493 e. The van der Waals surface area contributed by atoms with Crippen LogP contribution in [0.25, 0.3) is 0 Å². The molecular weight excluding hydrogens is 292 g/mol. The highest BCUT2D eigenvalue weighted by Gasteiger charge is 2.19. The van der Waals surface area contributed by atoms with E-state index >= 15 is 0 Å². The quantitative estimate of drug-likeness (QED) is 0.864. The first-order valence-corrected chi connectivity index (χ1v) is 6.14. The van der Waals surface area contributed by atoms with Crippen LogP contribution in [0.15, 0.2) is 24.3 Å². The smallest absolute Gasteiger partial charge is 0.339 e. The minimum atomic E-state index is -1.16. The molecule has 1 heterocycles. The predicted octanol–water partition coefficient (Wildman–Crippen LogP) is 1.99. The van der Waals surface area contributed by atoms with Crippen molar-refractivity contribution in [2.45, 2.75) is 0 Å². The number of hydrogen-bond acceptors (Lipinski definition) is 7. The van der Waals surface area contributed by atoms with Crippen molar-refractivity contribution >= 4 is 5.97 Å². The Balaban J connectivity index is 2.48. The van der Waals surface area contributed by atoms with Crippen LogP contribution < -0.4 is 18.9 Å². The lowest BCUT2D eigenvalue weighted by Crippen LogP contribution is -2.04. The van der Waals surface area contributed by atoms with Gasteiger partial charge in [-0.2, -0.15) is 9.97 Å². The summed E-state index contributed by atoms with van der Waals surface area (Å²) in [5, 5.41) is 9.24. The average Bonchev–Trinajstić information content (AvgIpc) is 2.54. The second-order valence-electron chi connectivity index (χ2n) is 3.98. The highest BCUT2D eigenvalue weighted by Crippen LogP contribution is 2.34. The van der Waals surface area contributed by atoms with Crippen molar-refractivity contribution in [1.29, 1.82) is 0 Å². The van der Waals surface area contributed by atoms with Gasteiger partial charge in [0.2, 0.25) is 11.8 Å². The van der Waals surface area contributed by atoms with Gasteiger partial charge in [-0.1, -0.05) is 6.07 Å². The maximum absolute atomic E-state index is 11.3. The molecular formula is C14H14N2O6. The van der Waals surface area contributed by atoms with Crippen molar-refractivity contribution in [1.82, 2.24) is 9.97 Å². The van der Waals surface area contributed by atoms with E-state index in [9.17, 15) is 9.90 Å². The van der Waals surface area contributed by atoms with Crippen LogP contribution >= 0.6 is 0 Å². The molecule has 8 heteroatoms. The molecule has 0 aliphatic heterocycles. The molecule has 1 N–H and O–H groups in total. The highest BCUT2D eigenvalue weighted by molar-refractivity contribution is 5.92. The van der Waals surface area contributed by atoms with Crippen LogP contribution in [-0.4, -0.2) is 42.4 Å². The summed E-state index contributed by atoms with van der Waals surface area (Å²) in [7, 11) is 4.26. The molecule has 2 aromatic rings. The number of carboxylic acid groups (broad SMARTS) is 1. The Morgan fingerprint density at radius 2 is 1.68 bits per heavy atom. The molecule has 0 aliphatic carbocycles. The van der Waals surface area contributed by atoms with E-state index in [1.54, 1.807) is 12.1 Å². The molecule has 0 fully saturated rings. The Morgan fingerprint density at radius 3 is 2.18 bits per heavy atom. The van der Waals surface area contributed by atoms with Gasteiger partial charge in [0.25, 0.3) is 0 Å². The number of para-hydroxylation sites is 1. The van der Waals surface area contributed by atoms with E-state index in [0.29, 0.717) is 0 Å². The maximum atomic E-state index is 11.3. The Labute approximate surface area is 126 Å². The molecule has 22 heavy (non-hydrogen) atoms. The Bertz CT molecular complexity index is 667. The second-order valence-corrected chi connectivity index (χ2v) is 3.98. The fourth-order valence-electron chi connectivity index (χ4n) is 1.68. The van der Waals surface area contributed by atoms with E-state index < -0.39 is 5.97 Å². The lowest BCUT2D eigenvalue weighted by molar-refractivity contribution is 0.0693. The number of ether oxygens (including phenoxy) is 4. The molecule has 1 aromatic heterocycles. The molecule has 0 radical (unpaired) electrons. The van der Waals surface area contributed by atoms with Gasteiger partial charge < -0.3 is 24.1 Å². The Morgan fingerprint density at radius 1 is 1.05 bits per heavy atom. The van der Waals surface area contributed by atoms with Crippen LogP contribution in [0.4, 0.5) is 0 Å². The minimum Gasteiger partial charge on any atom is -0.493 e. The number of aromatic nitrogens is 2. The standard InChI is InChI=1S/C14H14N2O6/c1-19-9-6-4-5-8(13(17)18)12(9)22-14-15-10(20-2)7-11(16-14)21-3/h4-7H,1-3H3,(H,17,18). The highest BCUT2D eigenvalue weighted by atomic mass is 16.5. The van der Waals surface area contributed by atoms with Crippen LogP contribution in [0.5, 0.6) is 29.3 Å². The third kappa shape index (κ3) is 3.17. The normalized spacial score (nSPS) is 9.95. The van der Waals surface area contributed by atoms with Gasteiger partial charge in [0, 0.05) is 0 Å². The minimum absolute atomic E-state index is 0.00666. The van der Waals surface area contributed by atoms with Crippen LogP contribution in [-0.2, 0) is 0 Å². The monoisotopic (exact) mass is 306 g/mol. The Kier molecular flexibility index (Phi) is 4.62. The predicted molar refractivity (Wildman–Crippen MR) is 75.2 cm³/mol. The van der Waals surface area contributed by atoms with Crippen LogP contribution in [0, 0.1) is 0 Å². The summed E-state index contributed by atoms with van der Waals surface area (Å²) in [6, 6.07) is 5.84. The van der Waals surface area contributed by atoms with Gasteiger partial charge in [0.15, 0.2) is 11.5 Å². The lowest BCUT2D eigenvalue weighted by Gasteiger charge is -2.12. The van der Waals surface area contributed by atoms with E-state index in [1.165, 1.54) is 33.5 Å². The summed E-state index contributed by atoms with van der Waals surface area (Å²) < 4.78 is 20.6. The van der Waals surface area contributed by atoms with Crippen molar-refractivity contribution in [3.8, 4) is 29.3 Å². The number of rotatable bonds is 6. The van der Waals surface area contributed by atoms with Gasteiger partial charge in [-0.05, 0) is 12.1 Å². The number of nitrogens with zero attached hydrogens (tertiary/aromatic N) is 2. The zero-order valence-corrected chi connectivity index (χ0v) is 12.2. The second kappa shape index (κ2) is 6.61. The first-order valence-electron chi connectivity index (χ1n) is 6.14. The molecule has 0 amide bonds. The molecule has 0 spiro atoms. The van der Waals surface area contributed by atoms with E-state index in [1.807, 2.05) is 0 Å². The van der Waals surface area contributed by atoms with Gasteiger partial charge in [-0.3, -0.25) is 0 Å². The van der Waals surface area contributed by atoms with Gasteiger partial charge in [0.1, 0.15) is 5.56 Å². The average molecular weight is 306 g/mol. The Hall–Kier alpha value is -3.03. The summed E-state index contributed by atoms with van der Waals surface area (Å²) in [4.78, 5) is 19.3. The summed E-state index contributed by atoms with van der Waals surface area (Å²) in [6.07, 6.45) is 0. The van der Waals surface area contributed by atoms with Crippen molar-refractivity contribution < 1.29 is 28.8 Å². The molecule has 1 aromatic carbocycles. The first kappa shape index (κ1) is 15.4. The van der Waals surface area contributed by atoms with Crippen molar-refractivity contribution in [2.75, 3.05) is 21.3 Å². The number of carboxylic acids is 1. The maximum Gasteiger partial charge on any atom is 0.339 e. The third-order valence-electron chi connectivity index (χ3n) is 2.70. The van der Waals surface area contributed by atoms with Crippen LogP contribution in [0.3, 0.4) is 0 Å². The summed E-state index contributed by atoms with van der Waals surface area (Å²) in [5.74, 6) is -0.496. The van der Waals surface area contributed by atoms with E-state index in [0.717, 1.165) is 0 Å². The number of methoxy groups -OCH3 is 3. The molecule has 0 aliphatic rings. The van der Waals surface area contributed by atoms with Crippen molar-refractivity contribution in [3.63, 3.8) is 0 Å². The lowest BCUT2D eigenvalue weighted by atomic mass is 10.2. The molecule has 2 rings (SSSR count). The zero-order valence-electron chi connectivity index (χ0n) is 12.2.